The van der Waals surface area contributed by atoms with Crippen LogP contribution in [0.2, 0.25) is 5.02 Å². The summed E-state index contributed by atoms with van der Waals surface area (Å²) in [4.78, 5) is 14.6. The summed E-state index contributed by atoms with van der Waals surface area (Å²) in [6.07, 6.45) is 1.73. The van der Waals surface area contributed by atoms with E-state index in [9.17, 15) is 4.79 Å². The zero-order valence-electron chi connectivity index (χ0n) is 12.7. The number of nitrogens with two attached hydrogens (primary N) is 1. The molecule has 0 bridgehead atoms. The first-order valence-corrected chi connectivity index (χ1v) is 8.99. The summed E-state index contributed by atoms with van der Waals surface area (Å²) in [5.74, 6) is 0.176. The lowest BCUT2D eigenvalue weighted by molar-refractivity contribution is -0.132. The number of nitrogens with one attached hydrogen (secondary N) is 1. The summed E-state index contributed by atoms with van der Waals surface area (Å²) in [5.41, 5.74) is 7.11. The molecule has 6 heteroatoms. The molecule has 0 radical (unpaired) electrons. The Kier molecular flexibility index (Phi) is 4.69. The minimum atomic E-state index is -0.177. The van der Waals surface area contributed by atoms with Crippen molar-refractivity contribution in [1.29, 1.82) is 0 Å². The van der Waals surface area contributed by atoms with Gasteiger partial charge in [-0.3, -0.25) is 10.1 Å². The number of thioether (sulfide) groups is 1. The average Bonchev–Trinajstić information content (AvgIpc) is 2.96. The number of piperidine rings is 1. The highest BCUT2D eigenvalue weighted by atomic mass is 35.5. The molecular formula is C16H22ClN3OS. The smallest absolute Gasteiger partial charge is 0.250 e. The average molecular weight is 340 g/mol. The maximum absolute atomic E-state index is 12.6. The molecule has 2 fully saturated rings. The molecule has 0 aliphatic carbocycles. The van der Waals surface area contributed by atoms with Crippen LogP contribution < -0.4 is 11.1 Å². The monoisotopic (exact) mass is 339 g/mol. The molecule has 2 aliphatic heterocycles. The molecular weight excluding hydrogens is 318 g/mol. The van der Waals surface area contributed by atoms with E-state index in [1.54, 1.807) is 11.8 Å². The largest absolute Gasteiger partial charge is 0.340 e. The Labute approximate surface area is 140 Å². The van der Waals surface area contributed by atoms with Crippen LogP contribution in [-0.2, 0) is 4.79 Å². The number of benzene rings is 1. The normalized spacial score (nSPS) is 27.9. The fourth-order valence-corrected chi connectivity index (χ4v) is 4.61. The van der Waals surface area contributed by atoms with Crippen LogP contribution >= 0.6 is 23.4 Å². The van der Waals surface area contributed by atoms with Gasteiger partial charge in [0.25, 0.3) is 0 Å². The van der Waals surface area contributed by atoms with Crippen LogP contribution in [0.25, 0.3) is 0 Å². The van der Waals surface area contributed by atoms with Gasteiger partial charge >= 0.3 is 0 Å². The molecule has 0 aromatic heterocycles. The van der Waals surface area contributed by atoms with E-state index < -0.39 is 0 Å². The van der Waals surface area contributed by atoms with Crippen LogP contribution in [0.5, 0.6) is 0 Å². The highest BCUT2D eigenvalue weighted by Gasteiger charge is 2.36. The van der Waals surface area contributed by atoms with Gasteiger partial charge in [0.15, 0.2) is 0 Å². The SMILES string of the molecule is CC1(N)CCN(C(=O)C2NCC(c3ccccc3Cl)S2)CC1. The van der Waals surface area contributed by atoms with Crippen molar-refractivity contribution in [3.05, 3.63) is 34.9 Å². The summed E-state index contributed by atoms with van der Waals surface area (Å²) in [7, 11) is 0. The first-order chi connectivity index (χ1) is 10.5. The topological polar surface area (TPSA) is 58.4 Å². The molecule has 2 atom stereocenters. The lowest BCUT2D eigenvalue weighted by Gasteiger charge is -2.37. The van der Waals surface area contributed by atoms with Crippen molar-refractivity contribution in [3.8, 4) is 0 Å². The second kappa shape index (κ2) is 6.40. The zero-order valence-corrected chi connectivity index (χ0v) is 14.3. The molecule has 3 rings (SSSR count). The summed E-state index contributed by atoms with van der Waals surface area (Å²) in [6.45, 7) is 4.33. The number of hydrogen-bond donors (Lipinski definition) is 2. The molecule has 1 aromatic carbocycles. The van der Waals surface area contributed by atoms with Gasteiger partial charge in [-0.05, 0) is 31.4 Å². The molecule has 4 nitrogen and oxygen atoms in total. The van der Waals surface area contributed by atoms with Gasteiger partial charge in [-0.25, -0.2) is 0 Å². The fourth-order valence-electron chi connectivity index (χ4n) is 2.94. The Morgan fingerprint density at radius 1 is 1.41 bits per heavy atom. The van der Waals surface area contributed by atoms with Gasteiger partial charge in [-0.1, -0.05) is 29.8 Å². The second-order valence-corrected chi connectivity index (χ2v) is 8.13. The molecule has 1 amide bonds. The van der Waals surface area contributed by atoms with Gasteiger partial charge in [0, 0.05) is 35.4 Å². The number of carbonyl (C=O) groups is 1. The van der Waals surface area contributed by atoms with Gasteiger partial charge in [0.05, 0.1) is 0 Å². The Balaban J connectivity index is 1.61. The van der Waals surface area contributed by atoms with E-state index in [0.717, 1.165) is 43.1 Å². The Bertz CT molecular complexity index is 556. The molecule has 2 unspecified atom stereocenters. The molecule has 22 heavy (non-hydrogen) atoms. The predicted molar refractivity (Wildman–Crippen MR) is 92.0 cm³/mol. The van der Waals surface area contributed by atoms with Crippen LogP contribution in [-0.4, -0.2) is 41.4 Å². The van der Waals surface area contributed by atoms with Crippen molar-refractivity contribution in [2.24, 2.45) is 5.73 Å². The number of rotatable bonds is 2. The quantitative estimate of drug-likeness (QED) is 0.868. The van der Waals surface area contributed by atoms with E-state index in [1.165, 1.54) is 0 Å². The van der Waals surface area contributed by atoms with E-state index in [0.29, 0.717) is 0 Å². The second-order valence-electron chi connectivity index (χ2n) is 6.41. The van der Waals surface area contributed by atoms with Crippen molar-refractivity contribution in [3.63, 3.8) is 0 Å². The van der Waals surface area contributed by atoms with Crippen molar-refractivity contribution in [1.82, 2.24) is 10.2 Å². The number of nitrogens with zero attached hydrogens (tertiary/aromatic N) is 1. The molecule has 3 N–H and O–H groups in total. The third-order valence-corrected chi connectivity index (χ3v) is 6.22. The van der Waals surface area contributed by atoms with E-state index in [4.69, 9.17) is 17.3 Å². The molecule has 2 heterocycles. The Morgan fingerprint density at radius 3 is 2.77 bits per heavy atom. The standard InChI is InChI=1S/C16H22ClN3OS/c1-16(18)6-8-20(9-7-16)15(21)14-19-10-13(22-14)11-4-2-3-5-12(11)17/h2-5,13-14,19H,6-10,18H2,1H3. The van der Waals surface area contributed by atoms with Gasteiger partial charge in [-0.15, -0.1) is 11.8 Å². The first-order valence-electron chi connectivity index (χ1n) is 7.67. The number of hydrogen-bond acceptors (Lipinski definition) is 4. The molecule has 120 valence electrons. The minimum Gasteiger partial charge on any atom is -0.340 e. The van der Waals surface area contributed by atoms with Gasteiger partial charge in [0.1, 0.15) is 5.37 Å². The van der Waals surface area contributed by atoms with Crippen molar-refractivity contribution >= 4 is 29.3 Å². The first kappa shape index (κ1) is 16.1. The van der Waals surface area contributed by atoms with Crippen LogP contribution in [0.3, 0.4) is 0 Å². The number of carbonyl (C=O) groups excluding carboxylic acids is 1. The van der Waals surface area contributed by atoms with Crippen LogP contribution in [0, 0.1) is 0 Å². The molecule has 0 saturated carbocycles. The van der Waals surface area contributed by atoms with Crippen LogP contribution in [0.4, 0.5) is 0 Å². The third-order valence-electron chi connectivity index (χ3n) is 4.48. The summed E-state index contributed by atoms with van der Waals surface area (Å²) in [5, 5.41) is 4.15. The lowest BCUT2D eigenvalue weighted by atomic mass is 9.91. The van der Waals surface area contributed by atoms with Gasteiger partial charge in [0.2, 0.25) is 5.91 Å². The molecule has 2 saturated heterocycles. The van der Waals surface area contributed by atoms with E-state index in [-0.39, 0.29) is 22.1 Å². The highest BCUT2D eigenvalue weighted by Crippen LogP contribution is 2.39. The van der Waals surface area contributed by atoms with Crippen molar-refractivity contribution in [2.75, 3.05) is 19.6 Å². The Hall–Kier alpha value is -0.750. The summed E-state index contributed by atoms with van der Waals surface area (Å²) < 4.78 is 0. The maximum Gasteiger partial charge on any atom is 0.250 e. The van der Waals surface area contributed by atoms with Crippen molar-refractivity contribution in [2.45, 2.75) is 35.9 Å². The van der Waals surface area contributed by atoms with Crippen LogP contribution in [0.15, 0.2) is 24.3 Å². The predicted octanol–water partition coefficient (Wildman–Crippen LogP) is 2.38. The van der Waals surface area contributed by atoms with Crippen molar-refractivity contribution < 1.29 is 4.79 Å². The zero-order chi connectivity index (χ0) is 15.7. The maximum atomic E-state index is 12.6. The summed E-state index contributed by atoms with van der Waals surface area (Å²) >= 11 is 7.92. The number of likely N-dealkylation sites (tertiary alicyclic amines) is 1. The number of halogens is 1. The molecule has 0 spiro atoms. The number of amides is 1. The molecule has 1 aromatic rings. The van der Waals surface area contributed by atoms with E-state index >= 15 is 0 Å². The Morgan fingerprint density at radius 2 is 2.09 bits per heavy atom. The summed E-state index contributed by atoms with van der Waals surface area (Å²) in [6, 6.07) is 7.86. The lowest BCUT2D eigenvalue weighted by Crippen LogP contribution is -2.52. The third kappa shape index (κ3) is 3.43. The highest BCUT2D eigenvalue weighted by molar-refractivity contribution is 8.01. The van der Waals surface area contributed by atoms with Gasteiger partial charge < -0.3 is 10.6 Å². The van der Waals surface area contributed by atoms with Crippen LogP contribution in [0.1, 0.15) is 30.6 Å². The van der Waals surface area contributed by atoms with E-state index in [2.05, 4.69) is 12.2 Å². The minimum absolute atomic E-state index is 0.132. The molecule has 2 aliphatic rings. The fraction of sp³-hybridized carbons (Fsp3) is 0.562. The van der Waals surface area contributed by atoms with Gasteiger partial charge in [-0.2, -0.15) is 0 Å². The van der Waals surface area contributed by atoms with E-state index in [1.807, 2.05) is 29.2 Å².